The van der Waals surface area contributed by atoms with E-state index in [0.29, 0.717) is 12.0 Å². The van der Waals surface area contributed by atoms with Crippen molar-refractivity contribution >= 4 is 22.7 Å². The molecular formula is C15H25N5OS. The van der Waals surface area contributed by atoms with E-state index in [1.807, 2.05) is 4.90 Å². The molecule has 2 unspecified atom stereocenters. The number of hydrogen-bond acceptors (Lipinski definition) is 5. The number of carbonyl (C=O) groups excluding carboxylic acids is 1. The van der Waals surface area contributed by atoms with Gasteiger partial charge in [0.05, 0.1) is 0 Å². The van der Waals surface area contributed by atoms with Crippen molar-refractivity contribution in [1.29, 1.82) is 0 Å². The van der Waals surface area contributed by atoms with Crippen molar-refractivity contribution in [3.8, 4) is 0 Å². The summed E-state index contributed by atoms with van der Waals surface area (Å²) in [6.07, 6.45) is 4.46. The van der Waals surface area contributed by atoms with Crippen LogP contribution in [0.4, 0.5) is 9.93 Å². The zero-order valence-corrected chi connectivity index (χ0v) is 14.2. The first-order valence-electron chi connectivity index (χ1n) is 8.30. The quantitative estimate of drug-likeness (QED) is 0.925. The van der Waals surface area contributed by atoms with Crippen molar-refractivity contribution in [1.82, 2.24) is 19.6 Å². The van der Waals surface area contributed by atoms with E-state index in [-0.39, 0.29) is 6.03 Å². The molecule has 1 saturated carbocycles. The normalized spacial score (nSPS) is 25.5. The van der Waals surface area contributed by atoms with Crippen molar-refractivity contribution in [2.75, 3.05) is 31.1 Å². The van der Waals surface area contributed by atoms with E-state index < -0.39 is 0 Å². The van der Waals surface area contributed by atoms with Crippen LogP contribution < -0.4 is 10.2 Å². The third kappa shape index (κ3) is 3.34. The van der Waals surface area contributed by atoms with Crippen LogP contribution in [0.1, 0.15) is 38.9 Å². The lowest BCUT2D eigenvalue weighted by molar-refractivity contribution is 0.188. The Morgan fingerprint density at radius 1 is 1.32 bits per heavy atom. The molecule has 2 atom stereocenters. The van der Waals surface area contributed by atoms with Gasteiger partial charge in [-0.1, -0.05) is 20.3 Å². The Labute approximate surface area is 136 Å². The van der Waals surface area contributed by atoms with Crippen LogP contribution in [0.2, 0.25) is 0 Å². The molecule has 22 heavy (non-hydrogen) atoms. The zero-order valence-electron chi connectivity index (χ0n) is 13.4. The molecule has 1 saturated heterocycles. The number of rotatable bonds is 3. The first-order chi connectivity index (χ1) is 10.7. The Morgan fingerprint density at radius 2 is 2.09 bits per heavy atom. The predicted molar refractivity (Wildman–Crippen MR) is 88.4 cm³/mol. The van der Waals surface area contributed by atoms with Gasteiger partial charge in [0.1, 0.15) is 5.82 Å². The van der Waals surface area contributed by atoms with Gasteiger partial charge in [-0.3, -0.25) is 0 Å². The fraction of sp³-hybridized carbons (Fsp3) is 0.800. The molecule has 2 fully saturated rings. The summed E-state index contributed by atoms with van der Waals surface area (Å²) in [5.74, 6) is 1.52. The average Bonchev–Trinajstić information content (AvgIpc) is 3.17. The van der Waals surface area contributed by atoms with Gasteiger partial charge in [-0.15, -0.1) is 0 Å². The first-order valence-corrected chi connectivity index (χ1v) is 9.07. The highest BCUT2D eigenvalue weighted by molar-refractivity contribution is 7.09. The Bertz CT molecular complexity index is 512. The van der Waals surface area contributed by atoms with E-state index in [1.165, 1.54) is 24.4 Å². The lowest BCUT2D eigenvalue weighted by Gasteiger charge is -2.35. The Balaban J connectivity index is 1.49. The molecule has 2 aliphatic rings. The number of amides is 2. The highest BCUT2D eigenvalue weighted by atomic mass is 32.1. The number of aromatic nitrogens is 2. The maximum absolute atomic E-state index is 12.4. The maximum Gasteiger partial charge on any atom is 0.317 e. The van der Waals surface area contributed by atoms with E-state index in [2.05, 4.69) is 33.4 Å². The number of aryl methyl sites for hydroxylation is 1. The van der Waals surface area contributed by atoms with Gasteiger partial charge in [-0.05, 0) is 18.8 Å². The SMILES string of the molecule is CCc1nsc(N2CCN(C(=O)NC3CCCC3C)CC2)n1. The van der Waals surface area contributed by atoms with Gasteiger partial charge in [0, 0.05) is 50.2 Å². The van der Waals surface area contributed by atoms with Gasteiger partial charge in [-0.2, -0.15) is 4.37 Å². The van der Waals surface area contributed by atoms with Crippen molar-refractivity contribution < 1.29 is 4.79 Å². The third-order valence-electron chi connectivity index (χ3n) is 4.78. The minimum atomic E-state index is 0.102. The number of carbonyl (C=O) groups is 1. The van der Waals surface area contributed by atoms with E-state index >= 15 is 0 Å². The number of piperazine rings is 1. The minimum absolute atomic E-state index is 0.102. The fourth-order valence-corrected chi connectivity index (χ4v) is 4.03. The van der Waals surface area contributed by atoms with Crippen LogP contribution >= 0.6 is 11.5 Å². The molecular weight excluding hydrogens is 298 g/mol. The summed E-state index contributed by atoms with van der Waals surface area (Å²) in [7, 11) is 0. The zero-order chi connectivity index (χ0) is 15.5. The minimum Gasteiger partial charge on any atom is -0.343 e. The van der Waals surface area contributed by atoms with Crippen LogP contribution in [0.3, 0.4) is 0 Å². The largest absolute Gasteiger partial charge is 0.343 e. The van der Waals surface area contributed by atoms with Crippen LogP contribution in [-0.4, -0.2) is 52.5 Å². The van der Waals surface area contributed by atoms with E-state index in [0.717, 1.165) is 50.0 Å². The van der Waals surface area contributed by atoms with Crippen LogP contribution in [0, 0.1) is 5.92 Å². The second-order valence-electron chi connectivity index (χ2n) is 6.28. The van der Waals surface area contributed by atoms with E-state index in [9.17, 15) is 4.79 Å². The summed E-state index contributed by atoms with van der Waals surface area (Å²) < 4.78 is 4.34. The fourth-order valence-electron chi connectivity index (χ4n) is 3.23. The Morgan fingerprint density at radius 3 is 2.68 bits per heavy atom. The Kier molecular flexibility index (Phi) is 4.81. The second kappa shape index (κ2) is 6.81. The number of hydrogen-bond donors (Lipinski definition) is 1. The van der Waals surface area contributed by atoms with Gasteiger partial charge in [0.2, 0.25) is 5.13 Å². The molecule has 2 amide bonds. The summed E-state index contributed by atoms with van der Waals surface area (Å²) in [5.41, 5.74) is 0. The van der Waals surface area contributed by atoms with E-state index in [1.54, 1.807) is 0 Å². The van der Waals surface area contributed by atoms with Crippen LogP contribution in [0.15, 0.2) is 0 Å². The van der Waals surface area contributed by atoms with Crippen molar-refractivity contribution in [3.05, 3.63) is 5.82 Å². The molecule has 122 valence electrons. The third-order valence-corrected chi connectivity index (χ3v) is 5.60. The predicted octanol–water partition coefficient (Wildman–Crippen LogP) is 2.12. The van der Waals surface area contributed by atoms with Crippen molar-refractivity contribution in [3.63, 3.8) is 0 Å². The highest BCUT2D eigenvalue weighted by Gasteiger charge is 2.28. The van der Waals surface area contributed by atoms with Gasteiger partial charge < -0.3 is 15.1 Å². The summed E-state index contributed by atoms with van der Waals surface area (Å²) in [5, 5.41) is 4.20. The van der Waals surface area contributed by atoms with Crippen molar-refractivity contribution in [2.24, 2.45) is 5.92 Å². The van der Waals surface area contributed by atoms with Crippen LogP contribution in [-0.2, 0) is 6.42 Å². The van der Waals surface area contributed by atoms with Gasteiger partial charge >= 0.3 is 6.03 Å². The van der Waals surface area contributed by atoms with Crippen LogP contribution in [0.25, 0.3) is 0 Å². The number of nitrogens with one attached hydrogen (secondary N) is 1. The molecule has 0 aromatic carbocycles. The number of nitrogens with zero attached hydrogens (tertiary/aromatic N) is 4. The molecule has 2 heterocycles. The maximum atomic E-state index is 12.4. The standard InChI is InChI=1S/C15H25N5OS/c1-3-13-17-15(22-18-13)20-9-7-19(8-10-20)14(21)16-12-6-4-5-11(12)2/h11-12H,3-10H2,1-2H3,(H,16,21). The molecule has 3 rings (SSSR count). The Hall–Kier alpha value is -1.37. The molecule has 1 aliphatic heterocycles. The van der Waals surface area contributed by atoms with Gasteiger partial charge in [-0.25, -0.2) is 9.78 Å². The first kappa shape index (κ1) is 15.5. The molecule has 6 nitrogen and oxygen atoms in total. The molecule has 1 aromatic rings. The molecule has 0 radical (unpaired) electrons. The topological polar surface area (TPSA) is 61.4 Å². The molecule has 0 bridgehead atoms. The molecule has 1 N–H and O–H groups in total. The molecule has 0 spiro atoms. The van der Waals surface area contributed by atoms with Crippen molar-refractivity contribution in [2.45, 2.75) is 45.6 Å². The smallest absolute Gasteiger partial charge is 0.317 e. The van der Waals surface area contributed by atoms with Gasteiger partial charge in [0.25, 0.3) is 0 Å². The second-order valence-corrected chi connectivity index (χ2v) is 7.02. The molecule has 1 aliphatic carbocycles. The summed E-state index contributed by atoms with van der Waals surface area (Å²) in [6.45, 7) is 7.49. The molecule has 1 aromatic heterocycles. The lowest BCUT2D eigenvalue weighted by atomic mass is 10.1. The molecule has 7 heteroatoms. The average molecular weight is 323 g/mol. The highest BCUT2D eigenvalue weighted by Crippen LogP contribution is 2.25. The summed E-state index contributed by atoms with van der Waals surface area (Å²) >= 11 is 1.46. The van der Waals surface area contributed by atoms with Gasteiger partial charge in [0.15, 0.2) is 0 Å². The monoisotopic (exact) mass is 323 g/mol. The summed E-state index contributed by atoms with van der Waals surface area (Å²) in [4.78, 5) is 21.1. The number of anilines is 1. The number of urea groups is 1. The van der Waals surface area contributed by atoms with Crippen LogP contribution in [0.5, 0.6) is 0 Å². The summed E-state index contributed by atoms with van der Waals surface area (Å²) in [6, 6.07) is 0.464. The lowest BCUT2D eigenvalue weighted by Crippen LogP contribution is -2.53. The van der Waals surface area contributed by atoms with E-state index in [4.69, 9.17) is 0 Å².